The summed E-state index contributed by atoms with van der Waals surface area (Å²) in [4.78, 5) is 28.4. The number of nitrogens with one attached hydrogen (secondary N) is 1. The molecule has 6 aliphatic heterocycles. The molecule has 75 heavy (non-hydrogen) atoms. The second kappa shape index (κ2) is 19.3. The molecule has 6 aromatic rings. The number of carbonyl (C=O) groups is 2. The van der Waals surface area contributed by atoms with Gasteiger partial charge in [-0.3, -0.25) is 9.13 Å². The Labute approximate surface area is 440 Å². The molecular formula is C60H68N8O7. The average Bonchev–Trinajstić information content (AvgIpc) is 4.15. The van der Waals surface area contributed by atoms with Gasteiger partial charge < -0.3 is 43.4 Å². The fourth-order valence-electron chi connectivity index (χ4n) is 11.4. The van der Waals surface area contributed by atoms with Gasteiger partial charge in [-0.05, 0) is 165 Å². The molecule has 3 spiro atoms. The zero-order valence-corrected chi connectivity index (χ0v) is 44.7. The number of nitrogens with zero attached hydrogens (tertiary/aromatic N) is 7. The number of hydrogen-bond donors (Lipinski definition) is 1. The number of aryl methyl sites for hydroxylation is 3. The summed E-state index contributed by atoms with van der Waals surface area (Å²) >= 11 is 0. The van der Waals surface area contributed by atoms with Crippen LogP contribution in [-0.4, -0.2) is 86.2 Å². The molecule has 2 amide bonds. The highest BCUT2D eigenvalue weighted by Gasteiger charge is 2.48. The molecule has 0 atom stereocenters. The summed E-state index contributed by atoms with van der Waals surface area (Å²) in [5.41, 5.74) is 8.70. The van der Waals surface area contributed by atoms with E-state index in [-0.39, 0.29) is 23.4 Å². The molecule has 3 aromatic heterocycles. The topological polar surface area (TPSA) is 161 Å². The highest BCUT2D eigenvalue weighted by Crippen LogP contribution is 2.49. The molecule has 15 nitrogen and oxygen atoms in total. The molecule has 0 radical (unpaired) electrons. The second-order valence-corrected chi connectivity index (χ2v) is 22.8. The van der Waals surface area contributed by atoms with Crippen LogP contribution in [0.15, 0.2) is 97.2 Å². The molecule has 0 aliphatic carbocycles. The first kappa shape index (κ1) is 50.9. The summed E-state index contributed by atoms with van der Waals surface area (Å²) in [6.45, 7) is 21.7. The second-order valence-electron chi connectivity index (χ2n) is 22.8. The number of piperidine rings is 3. The van der Waals surface area contributed by atoms with Crippen molar-refractivity contribution in [2.75, 3.05) is 39.3 Å². The Morgan fingerprint density at radius 2 is 0.920 bits per heavy atom. The molecule has 1 N–H and O–H groups in total. The first-order chi connectivity index (χ1) is 35.7. The van der Waals surface area contributed by atoms with Crippen molar-refractivity contribution in [2.45, 2.75) is 129 Å². The molecule has 3 aromatic carbocycles. The van der Waals surface area contributed by atoms with E-state index in [0.29, 0.717) is 50.4 Å². The highest BCUT2D eigenvalue weighted by atomic mass is 16.6. The summed E-state index contributed by atoms with van der Waals surface area (Å²) in [7, 11) is 0. The third kappa shape index (κ3) is 9.70. The van der Waals surface area contributed by atoms with Crippen molar-refractivity contribution < 1.29 is 33.3 Å². The lowest BCUT2D eigenvalue weighted by Crippen LogP contribution is -2.50. The normalized spacial score (nSPS) is 17.9. The lowest BCUT2D eigenvalue weighted by atomic mass is 9.86. The van der Waals surface area contributed by atoms with E-state index in [1.165, 1.54) is 11.1 Å². The van der Waals surface area contributed by atoms with Crippen molar-refractivity contribution in [3.8, 4) is 46.4 Å². The number of nitriles is 2. The van der Waals surface area contributed by atoms with Crippen molar-refractivity contribution in [3.05, 3.63) is 142 Å². The fourth-order valence-corrected chi connectivity index (χ4v) is 11.4. The lowest BCUT2D eigenvalue weighted by Gasteiger charge is -2.45. The van der Waals surface area contributed by atoms with E-state index in [0.717, 1.165) is 95.7 Å². The molecule has 390 valence electrons. The molecule has 3 fully saturated rings. The Balaban J connectivity index is 0.000000130. The molecule has 0 unspecified atom stereocenters. The van der Waals surface area contributed by atoms with Gasteiger partial charge in [0.15, 0.2) is 16.8 Å². The standard InChI is InChI=1S/C22H25N3O3.C21H26N2O3.C17H17N3O/c1-15-5-7-17-18(13-15)27-22(19-8-6-16(14-23)25(17)19)9-11-24(12-10-22)20(26)28-21(2,3)4;1-15-7-8-16-17(14-15)25-21(18-6-5-11-23(16)18)9-12-22(13-10-21)19(24)26-20(2,3)4;1-12-2-4-14-15(10-12)21-17(6-8-19-9-7-17)16-5-3-13(11-18)20(14)16/h5-8,13H,9-12H2,1-4H3;5-8,11,14H,9-10,12-13H2,1-4H3;2-5,10,19H,6-9H2,1H3. The van der Waals surface area contributed by atoms with Gasteiger partial charge in [0.05, 0.1) is 34.1 Å². The van der Waals surface area contributed by atoms with Crippen LogP contribution in [0.3, 0.4) is 0 Å². The summed E-state index contributed by atoms with van der Waals surface area (Å²) in [6.07, 6.45) is 6.21. The molecule has 0 bridgehead atoms. The van der Waals surface area contributed by atoms with Gasteiger partial charge in [-0.15, -0.1) is 0 Å². The molecule has 12 rings (SSSR count). The number of likely N-dealkylation sites (tertiary alicyclic amines) is 2. The maximum absolute atomic E-state index is 12.4. The minimum absolute atomic E-state index is 0.241. The van der Waals surface area contributed by atoms with Gasteiger partial charge in [-0.1, -0.05) is 18.2 Å². The number of carbonyl (C=O) groups excluding carboxylic acids is 2. The largest absolute Gasteiger partial charge is 0.479 e. The van der Waals surface area contributed by atoms with Gasteiger partial charge in [0.25, 0.3) is 0 Å². The van der Waals surface area contributed by atoms with Crippen LogP contribution in [0.25, 0.3) is 17.1 Å². The van der Waals surface area contributed by atoms with Crippen LogP contribution in [0, 0.1) is 43.4 Å². The van der Waals surface area contributed by atoms with Crippen molar-refractivity contribution in [1.82, 2.24) is 28.8 Å². The van der Waals surface area contributed by atoms with Crippen LogP contribution < -0.4 is 19.5 Å². The zero-order valence-electron chi connectivity index (χ0n) is 44.7. The SMILES string of the molecule is Cc1ccc2c(c1)OC1(CCN(C(=O)OC(C)(C)C)CC1)c1ccc(C#N)n1-2.Cc1ccc2c(c1)OC1(CCN(C(=O)OC(C)(C)C)CC1)c1cccn1-2.Cc1ccc2c(c1)OC1(CCNCC1)c1ccc(C#N)n1-2. The van der Waals surface area contributed by atoms with Gasteiger partial charge in [0.2, 0.25) is 0 Å². The number of fused-ring (bicyclic) bond motifs is 12. The number of aromatic nitrogens is 3. The van der Waals surface area contributed by atoms with Gasteiger partial charge in [0.1, 0.15) is 52.0 Å². The minimum Gasteiger partial charge on any atom is -0.479 e. The fraction of sp³-hybridized carbons (Fsp3) is 0.433. The average molecular weight is 1010 g/mol. The maximum Gasteiger partial charge on any atom is 0.410 e. The monoisotopic (exact) mass is 1010 g/mol. The van der Waals surface area contributed by atoms with E-state index in [1.807, 2.05) is 102 Å². The van der Waals surface area contributed by atoms with E-state index in [4.69, 9.17) is 23.7 Å². The quantitative estimate of drug-likeness (QED) is 0.155. The van der Waals surface area contributed by atoms with Crippen LogP contribution in [0.2, 0.25) is 0 Å². The van der Waals surface area contributed by atoms with Crippen LogP contribution in [0.4, 0.5) is 9.59 Å². The Morgan fingerprint density at radius 3 is 1.33 bits per heavy atom. The molecular weight excluding hydrogens is 945 g/mol. The van der Waals surface area contributed by atoms with Crippen LogP contribution in [0.1, 0.15) is 125 Å². The molecule has 6 aliphatic rings. The third-order valence-electron chi connectivity index (χ3n) is 15.0. The van der Waals surface area contributed by atoms with Gasteiger partial charge in [0, 0.05) is 70.9 Å². The van der Waals surface area contributed by atoms with Crippen molar-refractivity contribution >= 4 is 12.2 Å². The van der Waals surface area contributed by atoms with Gasteiger partial charge in [-0.25, -0.2) is 9.59 Å². The predicted molar refractivity (Wildman–Crippen MR) is 284 cm³/mol. The van der Waals surface area contributed by atoms with Crippen molar-refractivity contribution in [2.24, 2.45) is 0 Å². The van der Waals surface area contributed by atoms with Crippen LogP contribution in [0.5, 0.6) is 17.2 Å². The van der Waals surface area contributed by atoms with Gasteiger partial charge in [-0.2, -0.15) is 10.5 Å². The summed E-state index contributed by atoms with van der Waals surface area (Å²) in [5, 5.41) is 22.4. The predicted octanol–water partition coefficient (Wildman–Crippen LogP) is 11.3. The van der Waals surface area contributed by atoms with E-state index in [2.05, 4.69) is 89.1 Å². The van der Waals surface area contributed by atoms with Gasteiger partial charge >= 0.3 is 12.2 Å². The smallest absolute Gasteiger partial charge is 0.410 e. The van der Waals surface area contributed by atoms with E-state index < -0.39 is 16.8 Å². The molecule has 3 saturated heterocycles. The summed E-state index contributed by atoms with van der Waals surface area (Å²) in [6, 6.07) is 35.1. The molecule has 9 heterocycles. The third-order valence-corrected chi connectivity index (χ3v) is 15.0. The van der Waals surface area contributed by atoms with Crippen LogP contribution >= 0.6 is 0 Å². The van der Waals surface area contributed by atoms with E-state index in [9.17, 15) is 20.1 Å². The number of ether oxygens (including phenoxy) is 5. The molecule has 15 heteroatoms. The minimum atomic E-state index is -0.547. The molecule has 0 saturated carbocycles. The maximum atomic E-state index is 12.4. The first-order valence-corrected chi connectivity index (χ1v) is 26.2. The number of hydrogen-bond acceptors (Lipinski definition) is 10. The number of amides is 2. The Bertz CT molecular complexity index is 3240. The lowest BCUT2D eigenvalue weighted by molar-refractivity contribution is -0.0277. The van der Waals surface area contributed by atoms with Crippen molar-refractivity contribution in [1.29, 1.82) is 10.5 Å². The Hall–Kier alpha value is -7.62. The first-order valence-electron chi connectivity index (χ1n) is 26.2. The Morgan fingerprint density at radius 1 is 0.533 bits per heavy atom. The highest BCUT2D eigenvalue weighted by molar-refractivity contribution is 5.69. The summed E-state index contributed by atoms with van der Waals surface area (Å²) < 4.78 is 36.9. The number of rotatable bonds is 0. The Kier molecular flexibility index (Phi) is 13.1. The van der Waals surface area contributed by atoms with E-state index >= 15 is 0 Å². The van der Waals surface area contributed by atoms with Crippen molar-refractivity contribution in [3.63, 3.8) is 0 Å². The summed E-state index contributed by atoms with van der Waals surface area (Å²) in [5.74, 6) is 2.59. The number of benzene rings is 3. The van der Waals surface area contributed by atoms with Crippen LogP contribution in [-0.2, 0) is 26.3 Å². The van der Waals surface area contributed by atoms with E-state index in [1.54, 1.807) is 9.80 Å². The zero-order chi connectivity index (χ0) is 53.1.